The van der Waals surface area contributed by atoms with E-state index in [9.17, 15) is 14.4 Å². The van der Waals surface area contributed by atoms with E-state index in [1.165, 1.54) is 18.2 Å². The fraction of sp³-hybridized carbons (Fsp3) is 0.133. The molecule has 0 bridgehead atoms. The molecule has 1 fully saturated rings. The first-order chi connectivity index (χ1) is 10.5. The van der Waals surface area contributed by atoms with Gasteiger partial charge in [-0.3, -0.25) is 10.1 Å². The lowest BCUT2D eigenvalue weighted by Gasteiger charge is -2.10. The van der Waals surface area contributed by atoms with Crippen LogP contribution in [0.2, 0.25) is 0 Å². The van der Waals surface area contributed by atoms with E-state index < -0.39 is 17.9 Å². The highest BCUT2D eigenvalue weighted by Crippen LogP contribution is 2.28. The van der Waals surface area contributed by atoms with E-state index in [2.05, 4.69) is 10.6 Å². The fourth-order valence-corrected chi connectivity index (χ4v) is 2.26. The van der Waals surface area contributed by atoms with Gasteiger partial charge < -0.3 is 15.2 Å². The molecular weight excluding hydrogens is 288 g/mol. The molecule has 0 aliphatic carbocycles. The van der Waals surface area contributed by atoms with Crippen LogP contribution in [0.15, 0.2) is 42.1 Å². The van der Waals surface area contributed by atoms with Crippen molar-refractivity contribution < 1.29 is 24.2 Å². The highest BCUT2D eigenvalue weighted by molar-refractivity contribution is 6.11. The average molecular weight is 300 g/mol. The summed E-state index contributed by atoms with van der Waals surface area (Å²) in [6.45, 7) is 0. The highest BCUT2D eigenvalue weighted by Gasteiger charge is 2.26. The fourth-order valence-electron chi connectivity index (χ4n) is 2.26. The number of hydrogen-bond acceptors (Lipinski definition) is 4. The van der Waals surface area contributed by atoms with Crippen LogP contribution in [-0.2, 0) is 9.53 Å². The van der Waals surface area contributed by atoms with E-state index in [-0.39, 0.29) is 17.4 Å². The minimum Gasteiger partial charge on any atom is -0.486 e. The molecular formula is C15H12N2O5. The van der Waals surface area contributed by atoms with E-state index in [1.807, 2.05) is 6.08 Å². The van der Waals surface area contributed by atoms with Gasteiger partial charge in [-0.05, 0) is 24.3 Å². The molecule has 3 amide bonds. The first kappa shape index (κ1) is 13.9. The number of urea groups is 1. The second-order valence-electron chi connectivity index (χ2n) is 4.83. The third-order valence-electron chi connectivity index (χ3n) is 3.28. The van der Waals surface area contributed by atoms with Crippen molar-refractivity contribution in [1.29, 1.82) is 0 Å². The van der Waals surface area contributed by atoms with Gasteiger partial charge in [-0.2, -0.15) is 0 Å². The lowest BCUT2D eigenvalue weighted by Crippen LogP contribution is -2.22. The minimum atomic E-state index is -1.01. The highest BCUT2D eigenvalue weighted by atomic mass is 16.5. The lowest BCUT2D eigenvalue weighted by molar-refractivity contribution is -0.115. The van der Waals surface area contributed by atoms with Gasteiger partial charge in [0.15, 0.2) is 0 Å². The molecule has 1 aromatic rings. The summed E-state index contributed by atoms with van der Waals surface area (Å²) in [6.07, 6.45) is 3.49. The molecule has 0 radical (unpaired) electrons. The molecule has 7 heteroatoms. The van der Waals surface area contributed by atoms with Crippen molar-refractivity contribution in [3.8, 4) is 0 Å². The molecule has 2 aliphatic rings. The number of amides is 3. The van der Waals surface area contributed by atoms with Crippen LogP contribution in [0.1, 0.15) is 22.3 Å². The number of carboxylic acid groups (broad SMARTS) is 1. The molecule has 3 N–H and O–H groups in total. The van der Waals surface area contributed by atoms with Gasteiger partial charge in [-0.25, -0.2) is 9.59 Å². The van der Waals surface area contributed by atoms with Crippen LogP contribution < -0.4 is 10.6 Å². The Labute approximate surface area is 125 Å². The normalized spacial score (nSPS) is 22.1. The van der Waals surface area contributed by atoms with Crippen molar-refractivity contribution >= 4 is 23.7 Å². The number of rotatable bonds is 3. The first-order valence-electron chi connectivity index (χ1n) is 6.57. The number of aromatic carboxylic acids is 1. The Morgan fingerprint density at radius 1 is 1.32 bits per heavy atom. The summed E-state index contributed by atoms with van der Waals surface area (Å²) < 4.78 is 5.69. The Balaban J connectivity index is 1.73. The molecule has 112 valence electrons. The van der Waals surface area contributed by atoms with Crippen LogP contribution in [0, 0.1) is 0 Å². The van der Waals surface area contributed by atoms with Crippen LogP contribution >= 0.6 is 0 Å². The van der Waals surface area contributed by atoms with E-state index in [0.717, 1.165) is 0 Å². The Bertz CT molecular complexity index is 735. The second kappa shape index (κ2) is 5.36. The number of benzene rings is 1. The molecule has 2 heterocycles. The molecule has 0 saturated carbocycles. The number of imide groups is 1. The van der Waals surface area contributed by atoms with Crippen LogP contribution in [0.5, 0.6) is 0 Å². The zero-order valence-electron chi connectivity index (χ0n) is 11.3. The number of carboxylic acids is 1. The molecule has 1 unspecified atom stereocenters. The van der Waals surface area contributed by atoms with Gasteiger partial charge in [0.25, 0.3) is 5.91 Å². The predicted molar refractivity (Wildman–Crippen MR) is 75.6 cm³/mol. The van der Waals surface area contributed by atoms with Crippen LogP contribution in [0.25, 0.3) is 5.76 Å². The van der Waals surface area contributed by atoms with Gasteiger partial charge in [0.1, 0.15) is 17.6 Å². The van der Waals surface area contributed by atoms with Crippen molar-refractivity contribution in [1.82, 2.24) is 10.6 Å². The third kappa shape index (κ3) is 2.69. The lowest BCUT2D eigenvalue weighted by atomic mass is 10.1. The number of hydrogen-bond donors (Lipinski definition) is 3. The van der Waals surface area contributed by atoms with E-state index in [0.29, 0.717) is 17.7 Å². The standard InChI is InChI=1S/C15H12N2O5/c18-13-11(16-15(21)17-13)7-10-4-5-12(22-10)8-2-1-3-9(6-8)14(19)20/h1-3,5-7,10H,4H2,(H,19,20)(H2,16,17,18,21)/b11-7-. The van der Waals surface area contributed by atoms with Crippen LogP contribution in [0.4, 0.5) is 4.79 Å². The average Bonchev–Trinajstić information content (AvgIpc) is 3.06. The Morgan fingerprint density at radius 2 is 2.14 bits per heavy atom. The molecule has 3 rings (SSSR count). The molecule has 2 aliphatic heterocycles. The molecule has 0 spiro atoms. The summed E-state index contributed by atoms with van der Waals surface area (Å²) in [5, 5.41) is 13.5. The maximum Gasteiger partial charge on any atom is 0.335 e. The summed E-state index contributed by atoms with van der Waals surface area (Å²) in [6, 6.07) is 5.85. The predicted octanol–water partition coefficient (Wildman–Crippen LogP) is 1.24. The number of ether oxygens (including phenoxy) is 1. The number of nitrogens with one attached hydrogen (secondary N) is 2. The van der Waals surface area contributed by atoms with Crippen molar-refractivity contribution in [2.45, 2.75) is 12.5 Å². The molecule has 1 aromatic carbocycles. The quantitative estimate of drug-likeness (QED) is 0.575. The second-order valence-corrected chi connectivity index (χ2v) is 4.83. The van der Waals surface area contributed by atoms with E-state index >= 15 is 0 Å². The Morgan fingerprint density at radius 3 is 2.82 bits per heavy atom. The zero-order valence-corrected chi connectivity index (χ0v) is 11.3. The molecule has 0 aromatic heterocycles. The minimum absolute atomic E-state index is 0.156. The summed E-state index contributed by atoms with van der Waals surface area (Å²) in [4.78, 5) is 33.4. The van der Waals surface area contributed by atoms with Crippen molar-refractivity contribution in [2.24, 2.45) is 0 Å². The molecule has 7 nitrogen and oxygen atoms in total. The van der Waals surface area contributed by atoms with Crippen molar-refractivity contribution in [3.63, 3.8) is 0 Å². The van der Waals surface area contributed by atoms with Gasteiger partial charge in [-0.15, -0.1) is 0 Å². The smallest absolute Gasteiger partial charge is 0.335 e. The Hall–Kier alpha value is -3.09. The zero-order chi connectivity index (χ0) is 15.7. The molecule has 1 atom stereocenters. The van der Waals surface area contributed by atoms with Crippen molar-refractivity contribution in [3.05, 3.63) is 53.2 Å². The monoisotopic (exact) mass is 300 g/mol. The first-order valence-corrected chi connectivity index (χ1v) is 6.57. The van der Waals surface area contributed by atoms with Gasteiger partial charge in [0.2, 0.25) is 0 Å². The van der Waals surface area contributed by atoms with Gasteiger partial charge in [-0.1, -0.05) is 12.1 Å². The van der Waals surface area contributed by atoms with Crippen molar-refractivity contribution in [2.75, 3.05) is 0 Å². The van der Waals surface area contributed by atoms with Crippen LogP contribution in [0.3, 0.4) is 0 Å². The molecule has 22 heavy (non-hydrogen) atoms. The van der Waals surface area contributed by atoms with E-state index in [4.69, 9.17) is 9.84 Å². The summed E-state index contributed by atoms with van der Waals surface area (Å²) in [7, 11) is 0. The number of carbonyl (C=O) groups is 3. The van der Waals surface area contributed by atoms with Gasteiger partial charge >= 0.3 is 12.0 Å². The maximum absolute atomic E-state index is 11.4. The number of carbonyl (C=O) groups excluding carboxylic acids is 2. The Kier molecular flexibility index (Phi) is 3.38. The third-order valence-corrected chi connectivity index (χ3v) is 3.28. The summed E-state index contributed by atoms with van der Waals surface area (Å²) >= 11 is 0. The summed E-state index contributed by atoms with van der Waals surface area (Å²) in [5.41, 5.74) is 0.982. The SMILES string of the molecule is O=C1NC(=O)/C(=C/C2CC=C(c3cccc(C(=O)O)c3)O2)N1. The molecule has 1 saturated heterocycles. The largest absolute Gasteiger partial charge is 0.486 e. The van der Waals surface area contributed by atoms with Gasteiger partial charge in [0, 0.05) is 12.0 Å². The summed E-state index contributed by atoms with van der Waals surface area (Å²) in [5.74, 6) is -0.950. The van der Waals surface area contributed by atoms with Gasteiger partial charge in [0.05, 0.1) is 5.56 Å². The van der Waals surface area contributed by atoms with E-state index in [1.54, 1.807) is 12.1 Å². The topological polar surface area (TPSA) is 105 Å². The maximum atomic E-state index is 11.4. The van der Waals surface area contributed by atoms with Crippen LogP contribution in [-0.4, -0.2) is 29.1 Å².